The van der Waals surface area contributed by atoms with Gasteiger partial charge in [0.25, 0.3) is 0 Å². The molecule has 1 atom stereocenters. The van der Waals surface area contributed by atoms with Gasteiger partial charge in [0, 0.05) is 0 Å². The van der Waals surface area contributed by atoms with E-state index >= 15 is 0 Å². The van der Waals surface area contributed by atoms with E-state index in [0.29, 0.717) is 13.2 Å². The van der Waals surface area contributed by atoms with Gasteiger partial charge in [-0.2, -0.15) is 5.48 Å². The summed E-state index contributed by atoms with van der Waals surface area (Å²) in [6, 6.07) is 17.6. The first kappa shape index (κ1) is 15.5. The first-order valence-corrected chi connectivity index (χ1v) is 7.01. The second-order valence-electron chi connectivity index (χ2n) is 4.85. The molecule has 0 aromatic heterocycles. The predicted molar refractivity (Wildman–Crippen MR) is 81.9 cm³/mol. The number of nitrogens with one attached hydrogen (secondary N) is 1. The maximum Gasteiger partial charge on any atom is 0.122 e. The van der Waals surface area contributed by atoms with Crippen molar-refractivity contribution >= 4 is 0 Å². The summed E-state index contributed by atoms with van der Waals surface area (Å²) >= 11 is 0. The van der Waals surface area contributed by atoms with Crippen LogP contribution in [-0.4, -0.2) is 24.4 Å². The molecule has 0 amide bonds. The third-order valence-electron chi connectivity index (χ3n) is 3.03. The lowest BCUT2D eigenvalue weighted by molar-refractivity contribution is -0.00600. The summed E-state index contributed by atoms with van der Waals surface area (Å²) in [5.41, 5.74) is 4.89. The van der Waals surface area contributed by atoms with Crippen LogP contribution in [0, 0.1) is 6.92 Å². The molecule has 21 heavy (non-hydrogen) atoms. The Morgan fingerprint density at radius 2 is 1.76 bits per heavy atom. The SMILES string of the molecule is Cc1ccccc1OCC(O)CNOCc1ccccc1. The Bertz CT molecular complexity index is 531. The van der Waals surface area contributed by atoms with Crippen molar-refractivity contribution in [3.63, 3.8) is 0 Å². The monoisotopic (exact) mass is 287 g/mol. The number of rotatable bonds is 8. The molecule has 0 saturated heterocycles. The van der Waals surface area contributed by atoms with Crippen LogP contribution in [0.2, 0.25) is 0 Å². The van der Waals surface area contributed by atoms with Crippen LogP contribution >= 0.6 is 0 Å². The fourth-order valence-electron chi connectivity index (χ4n) is 1.83. The standard InChI is InChI=1S/C17H21NO3/c1-14-7-5-6-10-17(14)20-13-16(19)11-18-21-12-15-8-3-2-4-9-15/h2-10,16,18-19H,11-13H2,1H3. The second kappa shape index (κ2) is 8.42. The third kappa shape index (κ3) is 5.55. The van der Waals surface area contributed by atoms with E-state index in [1.165, 1.54) is 0 Å². The van der Waals surface area contributed by atoms with Crippen LogP contribution in [0.4, 0.5) is 0 Å². The quantitative estimate of drug-likeness (QED) is 0.578. The van der Waals surface area contributed by atoms with Gasteiger partial charge in [0.05, 0.1) is 13.2 Å². The fraction of sp³-hybridized carbons (Fsp3) is 0.294. The van der Waals surface area contributed by atoms with Crippen molar-refractivity contribution in [2.24, 2.45) is 0 Å². The van der Waals surface area contributed by atoms with Gasteiger partial charge in [-0.1, -0.05) is 48.5 Å². The van der Waals surface area contributed by atoms with Gasteiger partial charge < -0.3 is 9.84 Å². The van der Waals surface area contributed by atoms with Crippen LogP contribution in [0.25, 0.3) is 0 Å². The molecule has 112 valence electrons. The Morgan fingerprint density at radius 3 is 2.52 bits per heavy atom. The van der Waals surface area contributed by atoms with Crippen molar-refractivity contribution in [2.45, 2.75) is 19.6 Å². The zero-order valence-corrected chi connectivity index (χ0v) is 12.2. The number of hydrogen-bond donors (Lipinski definition) is 2. The molecule has 0 aliphatic carbocycles. The third-order valence-corrected chi connectivity index (χ3v) is 3.03. The van der Waals surface area contributed by atoms with E-state index < -0.39 is 6.10 Å². The number of para-hydroxylation sites is 1. The maximum atomic E-state index is 9.83. The largest absolute Gasteiger partial charge is 0.491 e. The molecule has 2 aromatic carbocycles. The van der Waals surface area contributed by atoms with Gasteiger partial charge in [0.1, 0.15) is 18.5 Å². The zero-order valence-electron chi connectivity index (χ0n) is 12.2. The summed E-state index contributed by atoms with van der Waals surface area (Å²) in [5, 5.41) is 9.83. The van der Waals surface area contributed by atoms with Crippen LogP contribution in [0.3, 0.4) is 0 Å². The summed E-state index contributed by atoms with van der Waals surface area (Å²) in [5.74, 6) is 0.793. The lowest BCUT2D eigenvalue weighted by Crippen LogP contribution is -2.31. The van der Waals surface area contributed by atoms with Gasteiger partial charge in [-0.05, 0) is 24.1 Å². The molecule has 0 aliphatic rings. The number of aliphatic hydroxyl groups is 1. The van der Waals surface area contributed by atoms with Gasteiger partial charge in [0.15, 0.2) is 0 Å². The molecule has 0 radical (unpaired) electrons. The molecule has 0 heterocycles. The summed E-state index contributed by atoms with van der Waals surface area (Å²) in [6.45, 7) is 2.99. The molecule has 4 nitrogen and oxygen atoms in total. The topological polar surface area (TPSA) is 50.7 Å². The minimum absolute atomic E-state index is 0.229. The summed E-state index contributed by atoms with van der Waals surface area (Å²) in [6.07, 6.45) is -0.625. The number of hydroxylamine groups is 1. The van der Waals surface area contributed by atoms with Crippen molar-refractivity contribution in [1.82, 2.24) is 5.48 Å². The van der Waals surface area contributed by atoms with Gasteiger partial charge in [-0.15, -0.1) is 0 Å². The molecular formula is C17H21NO3. The molecular weight excluding hydrogens is 266 g/mol. The number of aliphatic hydroxyl groups excluding tert-OH is 1. The number of hydrogen-bond acceptors (Lipinski definition) is 4. The van der Waals surface area contributed by atoms with Gasteiger partial charge in [-0.3, -0.25) is 4.84 Å². The highest BCUT2D eigenvalue weighted by molar-refractivity contribution is 5.31. The molecule has 2 aromatic rings. The average Bonchev–Trinajstić information content (AvgIpc) is 2.52. The summed E-state index contributed by atoms with van der Waals surface area (Å²) in [4.78, 5) is 5.30. The Kier molecular flexibility index (Phi) is 6.22. The minimum Gasteiger partial charge on any atom is -0.491 e. The summed E-state index contributed by atoms with van der Waals surface area (Å²) < 4.78 is 5.57. The Balaban J connectivity index is 1.62. The molecule has 1 unspecified atom stereocenters. The first-order chi connectivity index (χ1) is 10.3. The van der Waals surface area contributed by atoms with Crippen molar-refractivity contribution < 1.29 is 14.7 Å². The van der Waals surface area contributed by atoms with Crippen LogP contribution < -0.4 is 10.2 Å². The normalized spacial score (nSPS) is 12.1. The molecule has 0 fully saturated rings. The van der Waals surface area contributed by atoms with Crippen molar-refractivity contribution in [3.8, 4) is 5.75 Å². The fourth-order valence-corrected chi connectivity index (χ4v) is 1.83. The number of aryl methyl sites for hydroxylation is 1. The van der Waals surface area contributed by atoms with Crippen LogP contribution in [0.1, 0.15) is 11.1 Å². The van der Waals surface area contributed by atoms with E-state index in [9.17, 15) is 5.11 Å². The highest BCUT2D eigenvalue weighted by Crippen LogP contribution is 2.16. The summed E-state index contributed by atoms with van der Waals surface area (Å²) in [7, 11) is 0. The van der Waals surface area contributed by atoms with Crippen molar-refractivity contribution in [3.05, 3.63) is 65.7 Å². The van der Waals surface area contributed by atoms with Crippen LogP contribution in [0.15, 0.2) is 54.6 Å². The first-order valence-electron chi connectivity index (χ1n) is 7.01. The smallest absolute Gasteiger partial charge is 0.122 e. The lowest BCUT2D eigenvalue weighted by Gasteiger charge is -2.14. The van der Waals surface area contributed by atoms with Crippen molar-refractivity contribution in [1.29, 1.82) is 0 Å². The van der Waals surface area contributed by atoms with Crippen LogP contribution in [0.5, 0.6) is 5.75 Å². The molecule has 2 rings (SSSR count). The van der Waals surface area contributed by atoms with Gasteiger partial charge in [-0.25, -0.2) is 0 Å². The Labute approximate surface area is 125 Å². The van der Waals surface area contributed by atoms with E-state index in [4.69, 9.17) is 9.57 Å². The van der Waals surface area contributed by atoms with Crippen LogP contribution in [-0.2, 0) is 11.4 Å². The second-order valence-corrected chi connectivity index (χ2v) is 4.85. The van der Waals surface area contributed by atoms with Gasteiger partial charge >= 0.3 is 0 Å². The van der Waals surface area contributed by atoms with Gasteiger partial charge in [0.2, 0.25) is 0 Å². The minimum atomic E-state index is -0.625. The van der Waals surface area contributed by atoms with E-state index in [1.807, 2.05) is 61.5 Å². The molecule has 0 aliphatic heterocycles. The van der Waals surface area contributed by atoms with E-state index in [2.05, 4.69) is 5.48 Å². The predicted octanol–water partition coefficient (Wildman–Crippen LogP) is 2.46. The highest BCUT2D eigenvalue weighted by Gasteiger charge is 2.06. The van der Waals surface area contributed by atoms with Crippen molar-refractivity contribution in [2.75, 3.05) is 13.2 Å². The Morgan fingerprint density at radius 1 is 1.05 bits per heavy atom. The maximum absolute atomic E-state index is 9.83. The zero-order chi connectivity index (χ0) is 14.9. The number of ether oxygens (including phenoxy) is 1. The molecule has 0 saturated carbocycles. The van der Waals surface area contributed by atoms with E-state index in [1.54, 1.807) is 0 Å². The van der Waals surface area contributed by atoms with E-state index in [-0.39, 0.29) is 6.61 Å². The Hall–Kier alpha value is -1.88. The molecule has 0 bridgehead atoms. The average molecular weight is 287 g/mol. The molecule has 0 spiro atoms. The molecule has 4 heteroatoms. The molecule has 2 N–H and O–H groups in total. The number of benzene rings is 2. The lowest BCUT2D eigenvalue weighted by atomic mass is 10.2. The highest BCUT2D eigenvalue weighted by atomic mass is 16.6. The van der Waals surface area contributed by atoms with E-state index in [0.717, 1.165) is 16.9 Å².